The first-order chi connectivity index (χ1) is 8.01. The van der Waals surface area contributed by atoms with Gasteiger partial charge in [0.25, 0.3) is 0 Å². The Hall–Kier alpha value is -1.37. The number of halogens is 1. The van der Waals surface area contributed by atoms with Gasteiger partial charge < -0.3 is 10.4 Å². The molecule has 0 aromatic carbocycles. The lowest BCUT2D eigenvalue weighted by Crippen LogP contribution is -2.38. The minimum atomic E-state index is -1.06. The maximum atomic E-state index is 10.9. The van der Waals surface area contributed by atoms with Crippen molar-refractivity contribution in [1.29, 1.82) is 0 Å². The fourth-order valence-corrected chi connectivity index (χ4v) is 2.00. The Morgan fingerprint density at radius 2 is 2.35 bits per heavy atom. The molecule has 1 aromatic rings. The van der Waals surface area contributed by atoms with Gasteiger partial charge in [-0.1, -0.05) is 0 Å². The van der Waals surface area contributed by atoms with Gasteiger partial charge >= 0.3 is 5.97 Å². The lowest BCUT2D eigenvalue weighted by Gasteiger charge is -2.12. The van der Waals surface area contributed by atoms with Crippen molar-refractivity contribution in [2.45, 2.75) is 32.9 Å². The number of hydrogen-bond donors (Lipinski definition) is 2. The van der Waals surface area contributed by atoms with Crippen molar-refractivity contribution in [3.8, 4) is 0 Å². The van der Waals surface area contributed by atoms with Gasteiger partial charge in [0.2, 0.25) is 6.41 Å². The van der Waals surface area contributed by atoms with E-state index >= 15 is 0 Å². The van der Waals surface area contributed by atoms with E-state index in [1.807, 2.05) is 13.8 Å². The number of carboxylic acid groups (broad SMARTS) is 1. The average Bonchev–Trinajstić information content (AvgIpc) is 2.55. The highest BCUT2D eigenvalue weighted by Crippen LogP contribution is 2.22. The van der Waals surface area contributed by atoms with E-state index in [-0.39, 0.29) is 6.42 Å². The first kappa shape index (κ1) is 13.7. The molecule has 1 amide bonds. The Morgan fingerprint density at radius 1 is 1.71 bits per heavy atom. The van der Waals surface area contributed by atoms with Gasteiger partial charge in [0.05, 0.1) is 15.9 Å². The molecule has 0 radical (unpaired) electrons. The van der Waals surface area contributed by atoms with Crippen molar-refractivity contribution in [2.24, 2.45) is 0 Å². The normalized spacial score (nSPS) is 12.2. The maximum Gasteiger partial charge on any atom is 0.326 e. The number of carbonyl (C=O) groups is 2. The number of nitrogens with one attached hydrogen (secondary N) is 1. The van der Waals surface area contributed by atoms with Crippen LogP contribution in [0, 0.1) is 6.92 Å². The van der Waals surface area contributed by atoms with Gasteiger partial charge in [-0.15, -0.1) is 0 Å². The van der Waals surface area contributed by atoms with Crippen molar-refractivity contribution in [3.05, 3.63) is 15.9 Å². The number of nitrogens with zero attached hydrogens (tertiary/aromatic N) is 2. The number of carbonyl (C=O) groups excluding carboxylic acids is 1. The SMILES string of the molecule is CCn1nc(C)c(Br)c1CC(NC=O)C(=O)O. The molecule has 0 saturated carbocycles. The zero-order chi connectivity index (χ0) is 13.0. The Labute approximate surface area is 107 Å². The largest absolute Gasteiger partial charge is 0.480 e. The minimum absolute atomic E-state index is 0.198. The minimum Gasteiger partial charge on any atom is -0.480 e. The number of rotatable bonds is 6. The molecular weight excluding hydrogens is 290 g/mol. The highest BCUT2D eigenvalue weighted by Gasteiger charge is 2.22. The van der Waals surface area contributed by atoms with Crippen LogP contribution in [-0.2, 0) is 22.6 Å². The molecule has 1 aromatic heterocycles. The summed E-state index contributed by atoms with van der Waals surface area (Å²) >= 11 is 3.38. The Kier molecular flexibility index (Phi) is 4.68. The van der Waals surface area contributed by atoms with Crippen molar-refractivity contribution in [1.82, 2.24) is 15.1 Å². The Bertz CT molecular complexity index is 431. The van der Waals surface area contributed by atoms with Crippen LogP contribution in [0.1, 0.15) is 18.3 Å². The van der Waals surface area contributed by atoms with Crippen LogP contribution < -0.4 is 5.32 Å². The molecular formula is C10H14BrN3O3. The van der Waals surface area contributed by atoms with Gasteiger partial charge in [-0.2, -0.15) is 5.10 Å². The van der Waals surface area contributed by atoms with E-state index in [1.54, 1.807) is 4.68 Å². The first-order valence-electron chi connectivity index (χ1n) is 5.15. The van der Waals surface area contributed by atoms with Crippen LogP contribution in [0.3, 0.4) is 0 Å². The van der Waals surface area contributed by atoms with Crippen LogP contribution in [0.4, 0.5) is 0 Å². The van der Waals surface area contributed by atoms with Crippen LogP contribution in [0.25, 0.3) is 0 Å². The molecule has 7 heteroatoms. The molecule has 0 saturated heterocycles. The van der Waals surface area contributed by atoms with Crippen LogP contribution in [0.2, 0.25) is 0 Å². The molecule has 0 fully saturated rings. The zero-order valence-corrected chi connectivity index (χ0v) is 11.2. The third-order valence-corrected chi connectivity index (χ3v) is 3.45. The van der Waals surface area contributed by atoms with E-state index in [4.69, 9.17) is 5.11 Å². The molecule has 0 spiro atoms. The van der Waals surface area contributed by atoms with Crippen LogP contribution in [0.15, 0.2) is 4.47 Å². The second-order valence-electron chi connectivity index (χ2n) is 3.54. The summed E-state index contributed by atoms with van der Waals surface area (Å²) < 4.78 is 2.51. The topological polar surface area (TPSA) is 84.2 Å². The third kappa shape index (κ3) is 3.06. The van der Waals surface area contributed by atoms with Gasteiger partial charge in [-0.25, -0.2) is 4.79 Å². The summed E-state index contributed by atoms with van der Waals surface area (Å²) in [7, 11) is 0. The molecule has 1 unspecified atom stereocenters. The molecule has 2 N–H and O–H groups in total. The number of carboxylic acids is 1. The van der Waals surface area contributed by atoms with E-state index in [0.717, 1.165) is 15.9 Å². The van der Waals surface area contributed by atoms with Crippen molar-refractivity contribution in [2.75, 3.05) is 0 Å². The van der Waals surface area contributed by atoms with Gasteiger partial charge in [-0.3, -0.25) is 9.48 Å². The molecule has 0 bridgehead atoms. The maximum absolute atomic E-state index is 10.9. The molecule has 0 aliphatic heterocycles. The Balaban J connectivity index is 2.99. The van der Waals surface area contributed by atoms with Crippen LogP contribution in [0.5, 0.6) is 0 Å². The summed E-state index contributed by atoms with van der Waals surface area (Å²) in [5.41, 5.74) is 1.57. The van der Waals surface area contributed by atoms with Crippen molar-refractivity contribution < 1.29 is 14.7 Å². The standard InChI is InChI=1S/C10H14BrN3O3/c1-3-14-8(9(11)6(2)13-14)4-7(10(16)17)12-5-15/h5,7H,3-4H2,1-2H3,(H,12,15)(H,16,17). The summed E-state index contributed by atoms with van der Waals surface area (Å²) in [4.78, 5) is 21.3. The second-order valence-corrected chi connectivity index (χ2v) is 4.33. The van der Waals surface area contributed by atoms with E-state index in [0.29, 0.717) is 13.0 Å². The fourth-order valence-electron chi connectivity index (χ4n) is 1.56. The lowest BCUT2D eigenvalue weighted by molar-refractivity contribution is -0.140. The van der Waals surface area contributed by atoms with Gasteiger partial charge in [0.15, 0.2) is 0 Å². The number of aryl methyl sites for hydroxylation is 2. The number of hydrogen-bond acceptors (Lipinski definition) is 3. The highest BCUT2D eigenvalue weighted by molar-refractivity contribution is 9.10. The van der Waals surface area contributed by atoms with Crippen molar-refractivity contribution in [3.63, 3.8) is 0 Å². The van der Waals surface area contributed by atoms with Gasteiger partial charge in [0.1, 0.15) is 6.04 Å². The zero-order valence-electron chi connectivity index (χ0n) is 9.61. The quantitative estimate of drug-likeness (QED) is 0.758. The number of aromatic nitrogens is 2. The summed E-state index contributed by atoms with van der Waals surface area (Å²) in [5, 5.41) is 15.5. The molecule has 1 heterocycles. The molecule has 0 aliphatic rings. The van der Waals surface area contributed by atoms with Crippen LogP contribution >= 0.6 is 15.9 Å². The van der Waals surface area contributed by atoms with E-state index < -0.39 is 12.0 Å². The summed E-state index contributed by atoms with van der Waals surface area (Å²) in [6.45, 7) is 4.41. The first-order valence-corrected chi connectivity index (χ1v) is 5.94. The molecule has 0 aliphatic carbocycles. The monoisotopic (exact) mass is 303 g/mol. The van der Waals surface area contributed by atoms with Gasteiger partial charge in [0, 0.05) is 13.0 Å². The lowest BCUT2D eigenvalue weighted by atomic mass is 10.1. The van der Waals surface area contributed by atoms with Gasteiger partial charge in [-0.05, 0) is 29.8 Å². The smallest absolute Gasteiger partial charge is 0.326 e. The predicted octanol–water partition coefficient (Wildman–Crippen LogP) is 0.716. The summed E-state index contributed by atoms with van der Waals surface area (Å²) in [6.07, 6.45) is 0.593. The molecule has 94 valence electrons. The number of aliphatic carboxylic acids is 1. The van der Waals surface area contributed by atoms with E-state index in [1.165, 1.54) is 0 Å². The van der Waals surface area contributed by atoms with Crippen LogP contribution in [-0.4, -0.2) is 33.3 Å². The molecule has 6 nitrogen and oxygen atoms in total. The highest BCUT2D eigenvalue weighted by atomic mass is 79.9. The summed E-state index contributed by atoms with van der Waals surface area (Å²) in [6, 6.07) is -0.940. The fraction of sp³-hybridized carbons (Fsp3) is 0.500. The second kappa shape index (κ2) is 5.81. The van der Waals surface area contributed by atoms with E-state index in [9.17, 15) is 9.59 Å². The molecule has 1 atom stereocenters. The predicted molar refractivity (Wildman–Crippen MR) is 64.7 cm³/mol. The molecule has 17 heavy (non-hydrogen) atoms. The van der Waals surface area contributed by atoms with E-state index in [2.05, 4.69) is 26.3 Å². The number of amides is 1. The third-order valence-electron chi connectivity index (χ3n) is 2.42. The average molecular weight is 304 g/mol. The summed E-state index contributed by atoms with van der Waals surface area (Å²) in [5.74, 6) is -1.06. The Morgan fingerprint density at radius 3 is 2.82 bits per heavy atom. The van der Waals surface area contributed by atoms with Crippen molar-refractivity contribution >= 4 is 28.3 Å². The molecule has 1 rings (SSSR count).